The van der Waals surface area contributed by atoms with Gasteiger partial charge in [-0.25, -0.2) is 15.2 Å². The monoisotopic (exact) mass is 765 g/mol. The van der Waals surface area contributed by atoms with E-state index >= 15 is 0 Å². The minimum atomic E-state index is -4.36. The van der Waals surface area contributed by atoms with Gasteiger partial charge in [0.15, 0.2) is 17.4 Å². The zero-order valence-electron chi connectivity index (χ0n) is 30.3. The summed E-state index contributed by atoms with van der Waals surface area (Å²) >= 11 is 2.61. The van der Waals surface area contributed by atoms with Crippen LogP contribution in [0.5, 0.6) is 5.88 Å². The first-order valence-electron chi connectivity index (χ1n) is 15.9. The minimum absolute atomic E-state index is 0.101. The van der Waals surface area contributed by atoms with Crippen LogP contribution in [0.3, 0.4) is 0 Å². The van der Waals surface area contributed by atoms with Crippen molar-refractivity contribution >= 4 is 60.2 Å². The molecule has 20 heteroatoms. The zero-order valence-corrected chi connectivity index (χ0v) is 32.8. The van der Waals surface area contributed by atoms with Crippen molar-refractivity contribution in [3.05, 3.63) is 6.33 Å². The molecule has 0 aromatic carbocycles. The average Bonchev–Trinajstić information content (AvgIpc) is 3.53. The Kier molecular flexibility index (Phi) is 14.4. The summed E-state index contributed by atoms with van der Waals surface area (Å²) in [7, 11) is -2.97. The van der Waals surface area contributed by atoms with E-state index in [2.05, 4.69) is 25.1 Å². The molecule has 1 aliphatic heterocycles. The summed E-state index contributed by atoms with van der Waals surface area (Å²) in [5.41, 5.74) is 3.68. The van der Waals surface area contributed by atoms with Crippen molar-refractivity contribution in [2.24, 2.45) is 10.8 Å². The standard InChI is InChI=1S/C30H52N7O10PS2/c1-28(2,3)14-44-24(39)17(12-49-9)35-48(42,36-18(13-50-10)25(40)45-15-29(4,5)6)46-11-19-21(38)30(7,41)26(47-19)37-16-32-20-22(37)33-27(31)34-23(20)43-8/h16-19,21,26,38,41H,11-15H2,1-10H3,(H2,31,33,34)(H2,35,36,42)/t17-,18-,19+,21+,26+,30+/m0/s1. The Hall–Kier alpha value is -2.22. The summed E-state index contributed by atoms with van der Waals surface area (Å²) in [4.78, 5) is 39.0. The van der Waals surface area contributed by atoms with Gasteiger partial charge in [0.1, 0.15) is 29.9 Å². The van der Waals surface area contributed by atoms with Gasteiger partial charge in [-0.3, -0.25) is 18.7 Å². The molecule has 2 aromatic heterocycles. The first-order valence-corrected chi connectivity index (χ1v) is 20.3. The van der Waals surface area contributed by atoms with Crippen molar-refractivity contribution in [1.82, 2.24) is 29.7 Å². The maximum atomic E-state index is 14.7. The molecule has 0 spiro atoms. The van der Waals surface area contributed by atoms with Gasteiger partial charge in [-0.15, -0.1) is 0 Å². The summed E-state index contributed by atoms with van der Waals surface area (Å²) in [5.74, 6) is -1.04. The second-order valence-electron chi connectivity index (χ2n) is 14.6. The van der Waals surface area contributed by atoms with Crippen molar-refractivity contribution in [2.75, 3.05) is 56.7 Å². The molecule has 0 saturated carbocycles. The van der Waals surface area contributed by atoms with Gasteiger partial charge >= 0.3 is 19.6 Å². The normalized spacial score (nSPS) is 22.8. The first-order chi connectivity index (χ1) is 23.1. The summed E-state index contributed by atoms with van der Waals surface area (Å²) in [6, 6.07) is -2.23. The highest BCUT2D eigenvalue weighted by Crippen LogP contribution is 2.44. The Bertz CT molecular complexity index is 1470. The molecular weight excluding hydrogens is 713 g/mol. The quantitative estimate of drug-likeness (QED) is 0.115. The van der Waals surface area contributed by atoms with Gasteiger partial charge in [-0.1, -0.05) is 41.5 Å². The molecule has 1 aliphatic rings. The molecule has 1 saturated heterocycles. The van der Waals surface area contributed by atoms with Crippen molar-refractivity contribution in [1.29, 1.82) is 0 Å². The lowest BCUT2D eigenvalue weighted by Crippen LogP contribution is -2.48. The summed E-state index contributed by atoms with van der Waals surface area (Å²) in [6.07, 6.45) is 0.773. The number of nitrogens with two attached hydrogens (primary N) is 1. The minimum Gasteiger partial charge on any atom is -0.479 e. The lowest BCUT2D eigenvalue weighted by atomic mass is 9.96. The van der Waals surface area contributed by atoms with E-state index in [1.54, 1.807) is 12.5 Å². The number of aliphatic hydroxyl groups excluding tert-OH is 1. The van der Waals surface area contributed by atoms with Gasteiger partial charge in [0, 0.05) is 11.5 Å². The van der Waals surface area contributed by atoms with Gasteiger partial charge in [0.25, 0.3) is 0 Å². The number of carbonyl (C=O) groups excluding carboxylic acids is 2. The molecule has 6 N–H and O–H groups in total. The van der Waals surface area contributed by atoms with E-state index < -0.39 is 62.3 Å². The number of nitrogens with one attached hydrogen (secondary N) is 2. The second kappa shape index (κ2) is 17.1. The van der Waals surface area contributed by atoms with Gasteiger partial charge in [0.2, 0.25) is 11.8 Å². The van der Waals surface area contributed by atoms with Crippen LogP contribution in [0.15, 0.2) is 6.33 Å². The number of nitrogens with zero attached hydrogens (tertiary/aromatic N) is 4. The Morgan fingerprint density at radius 2 is 1.58 bits per heavy atom. The van der Waals surface area contributed by atoms with Crippen LogP contribution in [-0.4, -0.2) is 123 Å². The topological polar surface area (TPSA) is 231 Å². The highest BCUT2D eigenvalue weighted by atomic mass is 32.2. The summed E-state index contributed by atoms with van der Waals surface area (Å²) in [6.45, 7) is 12.4. The number of carbonyl (C=O) groups is 2. The van der Waals surface area contributed by atoms with Crippen LogP contribution in [0.25, 0.3) is 11.2 Å². The van der Waals surface area contributed by atoms with Gasteiger partial charge in [0.05, 0.1) is 33.3 Å². The van der Waals surface area contributed by atoms with Crippen molar-refractivity contribution in [3.63, 3.8) is 0 Å². The number of hydrogen-bond donors (Lipinski definition) is 5. The number of methoxy groups -OCH3 is 1. The molecule has 0 radical (unpaired) electrons. The van der Waals surface area contributed by atoms with Gasteiger partial charge < -0.3 is 39.4 Å². The van der Waals surface area contributed by atoms with Crippen LogP contribution in [0.4, 0.5) is 5.95 Å². The molecular formula is C30H52N7O10PS2. The maximum Gasteiger partial charge on any atom is 0.342 e. The number of aliphatic hydroxyl groups is 2. The van der Waals surface area contributed by atoms with Crippen molar-refractivity contribution < 1.29 is 47.8 Å². The molecule has 284 valence electrons. The largest absolute Gasteiger partial charge is 0.479 e. The molecule has 1 fully saturated rings. The second-order valence-corrected chi connectivity index (χ2v) is 18.3. The predicted octanol–water partition coefficient (Wildman–Crippen LogP) is 2.37. The fraction of sp³-hybridized carbons (Fsp3) is 0.767. The molecule has 0 aliphatic carbocycles. The van der Waals surface area contributed by atoms with E-state index in [0.717, 1.165) is 0 Å². The molecule has 17 nitrogen and oxygen atoms in total. The number of rotatable bonds is 17. The molecule has 3 rings (SSSR count). The van der Waals surface area contributed by atoms with Crippen LogP contribution in [-0.2, 0) is 32.9 Å². The molecule has 2 aromatic rings. The van der Waals surface area contributed by atoms with E-state index in [4.69, 9.17) is 29.2 Å². The van der Waals surface area contributed by atoms with Crippen LogP contribution in [0, 0.1) is 10.8 Å². The fourth-order valence-corrected chi connectivity index (χ4v) is 7.87. The average molecular weight is 766 g/mol. The lowest BCUT2D eigenvalue weighted by molar-refractivity contribution is -0.148. The molecule has 3 heterocycles. The number of anilines is 1. The molecule has 0 bridgehead atoms. The van der Waals surface area contributed by atoms with E-state index in [0.29, 0.717) is 0 Å². The van der Waals surface area contributed by atoms with Crippen LogP contribution >= 0.6 is 31.2 Å². The summed E-state index contributed by atoms with van der Waals surface area (Å²) < 4.78 is 44.4. The van der Waals surface area contributed by atoms with Crippen molar-refractivity contribution in [2.45, 2.75) is 84.6 Å². The highest BCUT2D eigenvalue weighted by Gasteiger charge is 2.54. The third-order valence-corrected chi connectivity index (χ3v) is 10.4. The van der Waals surface area contributed by atoms with E-state index in [9.17, 15) is 24.4 Å². The number of imidazole rings is 1. The Morgan fingerprint density at radius 1 is 1.06 bits per heavy atom. The number of thioether (sulfide) groups is 2. The smallest absolute Gasteiger partial charge is 0.342 e. The number of ether oxygens (including phenoxy) is 4. The third-order valence-electron chi connectivity index (χ3n) is 7.21. The van der Waals surface area contributed by atoms with Crippen LogP contribution in [0.2, 0.25) is 0 Å². The molecule has 50 heavy (non-hydrogen) atoms. The SMILES string of the molecule is COc1nc(N)nc2c1ncn2[C@@H]1O[C@H](COP(=O)(N[C@@H](CSC)C(=O)OCC(C)(C)C)N[C@@H](CSC)C(=O)OCC(C)(C)C)[C@@H](O)[C@@]1(C)O. The third kappa shape index (κ3) is 11.1. The van der Waals surface area contributed by atoms with Gasteiger partial charge in [-0.05, 0) is 30.3 Å². The van der Waals surface area contributed by atoms with Gasteiger partial charge in [-0.2, -0.15) is 33.5 Å². The Morgan fingerprint density at radius 3 is 2.04 bits per heavy atom. The first kappa shape index (κ1) is 42.2. The number of aromatic nitrogens is 4. The number of nitrogen functional groups attached to an aromatic ring is 1. The van der Waals surface area contributed by atoms with E-state index in [1.807, 2.05) is 41.5 Å². The zero-order chi connectivity index (χ0) is 37.7. The number of hydrogen-bond acceptors (Lipinski definition) is 16. The Balaban J connectivity index is 1.93. The Labute approximate surface area is 301 Å². The molecule has 0 amide bonds. The predicted molar refractivity (Wildman–Crippen MR) is 192 cm³/mol. The van der Waals surface area contributed by atoms with Crippen molar-refractivity contribution in [3.8, 4) is 5.88 Å². The van der Waals surface area contributed by atoms with Crippen LogP contribution < -0.4 is 20.6 Å². The van der Waals surface area contributed by atoms with Crippen LogP contribution in [0.1, 0.15) is 54.7 Å². The van der Waals surface area contributed by atoms with E-state index in [1.165, 1.54) is 48.5 Å². The number of esters is 2. The molecule has 6 atom stereocenters. The van der Waals surface area contributed by atoms with E-state index in [-0.39, 0.29) is 58.5 Å². The summed E-state index contributed by atoms with van der Waals surface area (Å²) in [5, 5.41) is 28.3. The lowest BCUT2D eigenvalue weighted by Gasteiger charge is -2.30. The number of fused-ring (bicyclic) bond motifs is 1. The maximum absolute atomic E-state index is 14.7. The molecule has 0 unspecified atom stereocenters. The fourth-order valence-electron chi connectivity index (χ4n) is 4.72. The highest BCUT2D eigenvalue weighted by molar-refractivity contribution is 7.98.